The van der Waals surface area contributed by atoms with Gasteiger partial charge in [0, 0.05) is 11.6 Å². The first kappa shape index (κ1) is 18.9. The highest BCUT2D eigenvalue weighted by Gasteiger charge is 2.26. The minimum atomic E-state index is -0.0646. The summed E-state index contributed by atoms with van der Waals surface area (Å²) in [4.78, 5) is 2.54. The summed E-state index contributed by atoms with van der Waals surface area (Å²) in [5, 5.41) is 13.3. The number of aliphatic hydroxyl groups excluding tert-OH is 1. The van der Waals surface area contributed by atoms with E-state index in [0.717, 1.165) is 45.3 Å². The molecule has 0 aromatic carbocycles. The van der Waals surface area contributed by atoms with Gasteiger partial charge in [-0.1, -0.05) is 27.7 Å². The quantitative estimate of drug-likeness (QED) is 0.573. The molecular formula is C16H36N2O. The average Bonchev–Trinajstić information content (AvgIpc) is 2.46. The van der Waals surface area contributed by atoms with E-state index in [1.54, 1.807) is 0 Å². The van der Waals surface area contributed by atoms with Gasteiger partial charge >= 0.3 is 0 Å². The van der Waals surface area contributed by atoms with Gasteiger partial charge in [0.1, 0.15) is 0 Å². The molecule has 0 spiro atoms. The van der Waals surface area contributed by atoms with Crippen LogP contribution in [0.4, 0.5) is 0 Å². The van der Waals surface area contributed by atoms with Gasteiger partial charge in [-0.2, -0.15) is 0 Å². The van der Waals surface area contributed by atoms with E-state index in [1.165, 1.54) is 6.42 Å². The Morgan fingerprint density at radius 2 is 1.89 bits per heavy atom. The van der Waals surface area contributed by atoms with Crippen molar-refractivity contribution < 1.29 is 5.11 Å². The van der Waals surface area contributed by atoms with Crippen LogP contribution in [0.3, 0.4) is 0 Å². The highest BCUT2D eigenvalue weighted by atomic mass is 16.3. The molecule has 0 fully saturated rings. The SMILES string of the molecule is CCCNC(CC)(CO)CCCN(CC)C(C)CC. The second kappa shape index (κ2) is 10.6. The summed E-state index contributed by atoms with van der Waals surface area (Å²) in [6, 6.07) is 0.666. The molecule has 0 aromatic heterocycles. The third-order valence-corrected chi connectivity index (χ3v) is 4.45. The van der Waals surface area contributed by atoms with Gasteiger partial charge in [0.2, 0.25) is 0 Å². The molecule has 0 aliphatic heterocycles. The molecule has 0 saturated carbocycles. The average molecular weight is 272 g/mol. The van der Waals surface area contributed by atoms with Crippen molar-refractivity contribution in [2.75, 3.05) is 26.2 Å². The Kier molecular flexibility index (Phi) is 10.6. The van der Waals surface area contributed by atoms with Crippen LogP contribution >= 0.6 is 0 Å². The van der Waals surface area contributed by atoms with E-state index in [9.17, 15) is 5.11 Å². The summed E-state index contributed by atoms with van der Waals surface area (Å²) >= 11 is 0. The fourth-order valence-corrected chi connectivity index (χ4v) is 2.60. The van der Waals surface area contributed by atoms with Crippen molar-refractivity contribution in [2.24, 2.45) is 0 Å². The summed E-state index contributed by atoms with van der Waals surface area (Å²) in [7, 11) is 0. The van der Waals surface area contributed by atoms with Crippen LogP contribution in [-0.2, 0) is 0 Å². The zero-order chi connectivity index (χ0) is 14.7. The maximum Gasteiger partial charge on any atom is 0.0613 e. The number of hydrogen-bond acceptors (Lipinski definition) is 3. The smallest absolute Gasteiger partial charge is 0.0613 e. The van der Waals surface area contributed by atoms with Crippen LogP contribution in [0.25, 0.3) is 0 Å². The molecular weight excluding hydrogens is 236 g/mol. The van der Waals surface area contributed by atoms with Gasteiger partial charge < -0.3 is 15.3 Å². The molecule has 2 unspecified atom stereocenters. The topological polar surface area (TPSA) is 35.5 Å². The second-order valence-corrected chi connectivity index (χ2v) is 5.71. The first-order valence-corrected chi connectivity index (χ1v) is 8.19. The van der Waals surface area contributed by atoms with Crippen LogP contribution in [0.2, 0.25) is 0 Å². The minimum Gasteiger partial charge on any atom is -0.394 e. The maximum atomic E-state index is 9.70. The molecule has 0 bridgehead atoms. The van der Waals surface area contributed by atoms with E-state index in [2.05, 4.69) is 44.8 Å². The Bertz CT molecular complexity index is 205. The van der Waals surface area contributed by atoms with E-state index in [1.807, 2.05) is 0 Å². The largest absolute Gasteiger partial charge is 0.394 e. The van der Waals surface area contributed by atoms with Crippen LogP contribution in [0.1, 0.15) is 66.7 Å². The predicted octanol–water partition coefficient (Wildman–Crippen LogP) is 3.03. The summed E-state index contributed by atoms with van der Waals surface area (Å²) in [5.74, 6) is 0. The Morgan fingerprint density at radius 1 is 1.21 bits per heavy atom. The second-order valence-electron chi connectivity index (χ2n) is 5.71. The minimum absolute atomic E-state index is 0.0646. The van der Waals surface area contributed by atoms with Gasteiger partial charge in [0.15, 0.2) is 0 Å². The lowest BCUT2D eigenvalue weighted by atomic mass is 9.90. The van der Waals surface area contributed by atoms with Crippen molar-refractivity contribution in [3.8, 4) is 0 Å². The number of rotatable bonds is 12. The molecule has 2 N–H and O–H groups in total. The van der Waals surface area contributed by atoms with Crippen LogP contribution < -0.4 is 5.32 Å². The molecule has 2 atom stereocenters. The monoisotopic (exact) mass is 272 g/mol. The van der Waals surface area contributed by atoms with Crippen LogP contribution in [0, 0.1) is 0 Å². The van der Waals surface area contributed by atoms with E-state index in [-0.39, 0.29) is 12.1 Å². The molecule has 0 aliphatic rings. The summed E-state index contributed by atoms with van der Waals surface area (Å²) < 4.78 is 0. The van der Waals surface area contributed by atoms with Crippen molar-refractivity contribution in [2.45, 2.75) is 78.3 Å². The van der Waals surface area contributed by atoms with E-state index >= 15 is 0 Å². The third kappa shape index (κ3) is 6.73. The Hall–Kier alpha value is -0.120. The number of nitrogens with one attached hydrogen (secondary N) is 1. The summed E-state index contributed by atoms with van der Waals surface area (Å²) in [5.41, 5.74) is -0.0646. The maximum absolute atomic E-state index is 9.70. The lowest BCUT2D eigenvalue weighted by molar-refractivity contribution is 0.133. The highest BCUT2D eigenvalue weighted by molar-refractivity contribution is 4.86. The molecule has 0 rings (SSSR count). The fourth-order valence-electron chi connectivity index (χ4n) is 2.60. The highest BCUT2D eigenvalue weighted by Crippen LogP contribution is 2.18. The normalized spacial score (nSPS) is 16.6. The van der Waals surface area contributed by atoms with Crippen molar-refractivity contribution in [3.63, 3.8) is 0 Å². The van der Waals surface area contributed by atoms with Crippen LogP contribution in [0.5, 0.6) is 0 Å². The van der Waals surface area contributed by atoms with Gasteiger partial charge in [-0.25, -0.2) is 0 Å². The van der Waals surface area contributed by atoms with Crippen LogP contribution in [0.15, 0.2) is 0 Å². The molecule has 0 heterocycles. The lowest BCUT2D eigenvalue weighted by Gasteiger charge is -2.34. The van der Waals surface area contributed by atoms with Gasteiger partial charge in [0.05, 0.1) is 6.61 Å². The summed E-state index contributed by atoms with van der Waals surface area (Å²) in [6.45, 7) is 14.6. The van der Waals surface area contributed by atoms with Gasteiger partial charge in [0.25, 0.3) is 0 Å². The zero-order valence-corrected chi connectivity index (χ0v) is 13.8. The predicted molar refractivity (Wildman–Crippen MR) is 84.6 cm³/mol. The third-order valence-electron chi connectivity index (χ3n) is 4.45. The zero-order valence-electron chi connectivity index (χ0n) is 13.8. The summed E-state index contributed by atoms with van der Waals surface area (Å²) in [6.07, 6.45) is 5.55. The van der Waals surface area contributed by atoms with E-state index in [0.29, 0.717) is 6.04 Å². The van der Waals surface area contributed by atoms with E-state index in [4.69, 9.17) is 0 Å². The fraction of sp³-hybridized carbons (Fsp3) is 1.00. The van der Waals surface area contributed by atoms with Crippen molar-refractivity contribution >= 4 is 0 Å². The first-order valence-electron chi connectivity index (χ1n) is 8.19. The molecule has 19 heavy (non-hydrogen) atoms. The van der Waals surface area contributed by atoms with Crippen molar-refractivity contribution in [1.82, 2.24) is 10.2 Å². The molecule has 0 amide bonds. The Labute approximate surface area is 120 Å². The standard InChI is InChI=1S/C16H36N2O/c1-6-12-17-16(8-3,14-19)11-10-13-18(9-4)15(5)7-2/h15,17,19H,6-14H2,1-5H3. The molecule has 3 heteroatoms. The Balaban J connectivity index is 4.23. The molecule has 0 saturated heterocycles. The van der Waals surface area contributed by atoms with E-state index < -0.39 is 0 Å². The van der Waals surface area contributed by atoms with Crippen LogP contribution in [-0.4, -0.2) is 47.8 Å². The van der Waals surface area contributed by atoms with Gasteiger partial charge in [-0.15, -0.1) is 0 Å². The lowest BCUT2D eigenvalue weighted by Crippen LogP contribution is -2.49. The number of nitrogens with zero attached hydrogens (tertiary/aromatic N) is 1. The Morgan fingerprint density at radius 3 is 2.32 bits per heavy atom. The first-order chi connectivity index (χ1) is 9.09. The number of hydrogen-bond donors (Lipinski definition) is 2. The van der Waals surface area contributed by atoms with Gasteiger partial charge in [-0.05, 0) is 58.7 Å². The van der Waals surface area contributed by atoms with Crippen molar-refractivity contribution in [1.29, 1.82) is 0 Å². The molecule has 3 nitrogen and oxygen atoms in total. The molecule has 0 aromatic rings. The molecule has 116 valence electrons. The molecule has 0 aliphatic carbocycles. The van der Waals surface area contributed by atoms with Crippen molar-refractivity contribution in [3.05, 3.63) is 0 Å². The number of aliphatic hydroxyl groups is 1. The van der Waals surface area contributed by atoms with Gasteiger partial charge in [-0.3, -0.25) is 0 Å². The molecule has 0 radical (unpaired) electrons.